The Morgan fingerprint density at radius 1 is 1.50 bits per heavy atom. The molecule has 0 aliphatic carbocycles. The second-order valence-electron chi connectivity index (χ2n) is 6.23. The number of methoxy groups -OCH3 is 1. The van der Waals surface area contributed by atoms with Gasteiger partial charge in [0.2, 0.25) is 0 Å². The summed E-state index contributed by atoms with van der Waals surface area (Å²) in [6.45, 7) is 7.12. The second kappa shape index (κ2) is 5.70. The molecule has 0 radical (unpaired) electrons. The summed E-state index contributed by atoms with van der Waals surface area (Å²) in [7, 11) is 3.80. The fourth-order valence-electron chi connectivity index (χ4n) is 3.13. The average molecular weight is 278 g/mol. The van der Waals surface area contributed by atoms with Crippen LogP contribution in [-0.4, -0.2) is 47.3 Å². The van der Waals surface area contributed by atoms with Crippen LogP contribution >= 0.6 is 0 Å². The van der Waals surface area contributed by atoms with Crippen molar-refractivity contribution in [1.82, 2.24) is 9.88 Å². The van der Waals surface area contributed by atoms with Gasteiger partial charge in [-0.15, -0.1) is 0 Å². The van der Waals surface area contributed by atoms with Crippen LogP contribution in [0.2, 0.25) is 0 Å². The van der Waals surface area contributed by atoms with Crippen molar-refractivity contribution in [3.8, 4) is 5.75 Å². The molecule has 0 spiro atoms. The van der Waals surface area contributed by atoms with Crippen LogP contribution in [0.3, 0.4) is 0 Å². The molecule has 1 aromatic heterocycles. The summed E-state index contributed by atoms with van der Waals surface area (Å²) in [5.41, 5.74) is 2.39. The van der Waals surface area contributed by atoms with Crippen LogP contribution in [0.4, 0.5) is 0 Å². The van der Waals surface area contributed by atoms with Crippen LogP contribution < -0.4 is 4.74 Å². The molecule has 1 aromatic rings. The predicted molar refractivity (Wildman–Crippen MR) is 80.2 cm³/mol. The zero-order valence-corrected chi connectivity index (χ0v) is 13.2. The number of ether oxygens (including phenoxy) is 1. The second-order valence-corrected chi connectivity index (χ2v) is 6.23. The van der Waals surface area contributed by atoms with E-state index in [1.807, 2.05) is 20.0 Å². The summed E-state index contributed by atoms with van der Waals surface area (Å²) in [6.07, 6.45) is 4.03. The number of piperidine rings is 1. The van der Waals surface area contributed by atoms with Gasteiger partial charge in [0.25, 0.3) is 0 Å². The first-order valence-corrected chi connectivity index (χ1v) is 7.28. The Hall–Kier alpha value is -1.13. The van der Waals surface area contributed by atoms with Crippen LogP contribution in [0.1, 0.15) is 36.6 Å². The molecule has 2 unspecified atom stereocenters. The van der Waals surface area contributed by atoms with Crippen LogP contribution in [0.25, 0.3) is 0 Å². The van der Waals surface area contributed by atoms with Crippen LogP contribution in [-0.2, 0) is 6.42 Å². The van der Waals surface area contributed by atoms with Crippen LogP contribution in [0, 0.1) is 13.8 Å². The zero-order valence-electron chi connectivity index (χ0n) is 13.2. The number of nitrogens with zero attached hydrogens (tertiary/aromatic N) is 2. The number of aromatic nitrogens is 1. The van der Waals surface area contributed by atoms with Gasteiger partial charge >= 0.3 is 0 Å². The van der Waals surface area contributed by atoms with E-state index in [1.54, 1.807) is 7.11 Å². The minimum atomic E-state index is -0.649. The summed E-state index contributed by atoms with van der Waals surface area (Å²) in [5, 5.41) is 10.9. The Morgan fingerprint density at radius 2 is 2.20 bits per heavy atom. The third kappa shape index (κ3) is 2.96. The van der Waals surface area contributed by atoms with Gasteiger partial charge < -0.3 is 14.7 Å². The molecule has 4 nitrogen and oxygen atoms in total. The van der Waals surface area contributed by atoms with Crippen molar-refractivity contribution in [3.05, 3.63) is 23.0 Å². The van der Waals surface area contributed by atoms with E-state index in [0.29, 0.717) is 12.5 Å². The smallest absolute Gasteiger partial charge is 0.128 e. The molecule has 112 valence electrons. The number of hydrogen-bond acceptors (Lipinski definition) is 4. The van der Waals surface area contributed by atoms with E-state index in [9.17, 15) is 5.11 Å². The standard InChI is InChI=1S/C16H26N2O2/c1-11-10-17-14(13(3)15(11)20-5)9-16(19)6-7-18(4)12(2)8-16/h10,12,19H,6-9H2,1-5H3. The number of pyridine rings is 1. The van der Waals surface area contributed by atoms with Gasteiger partial charge in [-0.1, -0.05) is 0 Å². The topological polar surface area (TPSA) is 45.6 Å². The molecule has 0 amide bonds. The molecule has 0 bridgehead atoms. The molecule has 1 fully saturated rings. The van der Waals surface area contributed by atoms with E-state index < -0.39 is 5.60 Å². The highest BCUT2D eigenvalue weighted by Crippen LogP contribution is 2.32. The van der Waals surface area contributed by atoms with Gasteiger partial charge in [0.05, 0.1) is 12.7 Å². The first-order valence-electron chi connectivity index (χ1n) is 7.28. The molecule has 2 atom stereocenters. The Labute approximate surface area is 121 Å². The first-order chi connectivity index (χ1) is 9.36. The van der Waals surface area contributed by atoms with Crippen LogP contribution in [0.15, 0.2) is 6.20 Å². The molecular formula is C16H26N2O2. The maximum absolute atomic E-state index is 10.9. The van der Waals surface area contributed by atoms with E-state index in [4.69, 9.17) is 4.74 Å². The fourth-order valence-corrected chi connectivity index (χ4v) is 3.13. The van der Waals surface area contributed by atoms with Crippen molar-refractivity contribution in [3.63, 3.8) is 0 Å². The number of likely N-dealkylation sites (tertiary alicyclic amines) is 1. The van der Waals surface area contributed by atoms with Crippen molar-refractivity contribution in [2.24, 2.45) is 0 Å². The minimum Gasteiger partial charge on any atom is -0.496 e. The maximum Gasteiger partial charge on any atom is 0.128 e. The summed E-state index contributed by atoms with van der Waals surface area (Å²) < 4.78 is 5.45. The Kier molecular flexibility index (Phi) is 4.35. The van der Waals surface area contributed by atoms with E-state index in [1.165, 1.54) is 0 Å². The molecule has 0 aromatic carbocycles. The molecular weight excluding hydrogens is 252 g/mol. The molecule has 2 rings (SSSR count). The molecule has 1 saturated heterocycles. The molecule has 1 N–H and O–H groups in total. The van der Waals surface area contributed by atoms with Gasteiger partial charge in [-0.25, -0.2) is 0 Å². The highest BCUT2D eigenvalue weighted by molar-refractivity contribution is 5.41. The van der Waals surface area contributed by atoms with Gasteiger partial charge in [0, 0.05) is 42.0 Å². The molecule has 1 aliphatic rings. The van der Waals surface area contributed by atoms with Crippen molar-refractivity contribution in [2.45, 2.75) is 51.7 Å². The fraction of sp³-hybridized carbons (Fsp3) is 0.688. The van der Waals surface area contributed by atoms with Crippen molar-refractivity contribution in [1.29, 1.82) is 0 Å². The van der Waals surface area contributed by atoms with Crippen molar-refractivity contribution < 1.29 is 9.84 Å². The lowest BCUT2D eigenvalue weighted by atomic mass is 9.82. The minimum absolute atomic E-state index is 0.404. The Bertz CT molecular complexity index is 490. The lowest BCUT2D eigenvalue weighted by Crippen LogP contribution is -2.48. The van der Waals surface area contributed by atoms with Crippen LogP contribution in [0.5, 0.6) is 5.75 Å². The van der Waals surface area contributed by atoms with Gasteiger partial charge in [-0.3, -0.25) is 4.98 Å². The van der Waals surface area contributed by atoms with E-state index in [0.717, 1.165) is 42.0 Å². The summed E-state index contributed by atoms with van der Waals surface area (Å²) >= 11 is 0. The van der Waals surface area contributed by atoms with Gasteiger partial charge in [-0.05, 0) is 40.7 Å². The summed E-state index contributed by atoms with van der Waals surface area (Å²) in [4.78, 5) is 6.81. The predicted octanol–water partition coefficient (Wildman–Crippen LogP) is 2.09. The van der Waals surface area contributed by atoms with E-state index in [2.05, 4.69) is 23.9 Å². The van der Waals surface area contributed by atoms with Gasteiger partial charge in [0.15, 0.2) is 0 Å². The van der Waals surface area contributed by atoms with Crippen molar-refractivity contribution in [2.75, 3.05) is 20.7 Å². The van der Waals surface area contributed by atoms with Gasteiger partial charge in [0.1, 0.15) is 5.75 Å². The van der Waals surface area contributed by atoms with Crippen molar-refractivity contribution >= 4 is 0 Å². The first kappa shape index (κ1) is 15.3. The average Bonchev–Trinajstić information content (AvgIpc) is 2.39. The summed E-state index contributed by atoms with van der Waals surface area (Å²) in [5.74, 6) is 0.888. The number of rotatable bonds is 3. The monoisotopic (exact) mass is 278 g/mol. The Morgan fingerprint density at radius 3 is 2.80 bits per heavy atom. The molecule has 4 heteroatoms. The lowest BCUT2D eigenvalue weighted by molar-refractivity contribution is -0.0361. The quantitative estimate of drug-likeness (QED) is 0.919. The summed E-state index contributed by atoms with van der Waals surface area (Å²) in [6, 6.07) is 0.404. The normalized spacial score (nSPS) is 27.6. The number of hydrogen-bond donors (Lipinski definition) is 1. The highest BCUT2D eigenvalue weighted by atomic mass is 16.5. The van der Waals surface area contributed by atoms with E-state index >= 15 is 0 Å². The largest absolute Gasteiger partial charge is 0.496 e. The molecule has 0 saturated carbocycles. The Balaban J connectivity index is 2.22. The van der Waals surface area contributed by atoms with Gasteiger partial charge in [-0.2, -0.15) is 0 Å². The third-order valence-corrected chi connectivity index (χ3v) is 4.60. The number of aryl methyl sites for hydroxylation is 1. The molecule has 2 heterocycles. The SMILES string of the molecule is COc1c(C)cnc(CC2(O)CCN(C)C(C)C2)c1C. The molecule has 1 aliphatic heterocycles. The lowest BCUT2D eigenvalue weighted by Gasteiger charge is -2.41. The molecule has 20 heavy (non-hydrogen) atoms. The number of aliphatic hydroxyl groups is 1. The zero-order chi connectivity index (χ0) is 14.9. The third-order valence-electron chi connectivity index (χ3n) is 4.60. The maximum atomic E-state index is 10.9. The van der Waals surface area contributed by atoms with E-state index in [-0.39, 0.29) is 0 Å². The highest BCUT2D eigenvalue weighted by Gasteiger charge is 2.36.